The summed E-state index contributed by atoms with van der Waals surface area (Å²) in [4.78, 5) is 24.6. The van der Waals surface area contributed by atoms with Gasteiger partial charge in [0.05, 0.1) is 6.54 Å². The van der Waals surface area contributed by atoms with Gasteiger partial charge in [-0.2, -0.15) is 5.10 Å². The van der Waals surface area contributed by atoms with Gasteiger partial charge in [0.2, 0.25) is 0 Å². The molecule has 148 valence electrons. The first-order valence-corrected chi connectivity index (χ1v) is 9.73. The molecule has 0 unspecified atom stereocenters. The minimum absolute atomic E-state index is 0.234. The van der Waals surface area contributed by atoms with Gasteiger partial charge in [-0.05, 0) is 25.3 Å². The number of aryl methyl sites for hydroxylation is 1. The lowest BCUT2D eigenvalue weighted by Crippen LogP contribution is -2.30. The molecule has 1 aliphatic rings. The third-order valence-corrected chi connectivity index (χ3v) is 4.77. The lowest BCUT2D eigenvalue weighted by atomic mass is 10.1. The standard InChI is InChI=1S/C23H23N3O3/c1-16-7-9-18(10-8-16)22-20(23(28)29-15-21(27)24-19-11-12-19)14-26(25-22)13-17-5-3-2-4-6-17/h2-10,14,19H,11-13,15H2,1H3,(H,24,27). The van der Waals surface area contributed by atoms with Crippen LogP contribution in [0.25, 0.3) is 11.3 Å². The van der Waals surface area contributed by atoms with E-state index < -0.39 is 5.97 Å². The summed E-state index contributed by atoms with van der Waals surface area (Å²) in [6, 6.07) is 18.0. The topological polar surface area (TPSA) is 73.2 Å². The molecule has 1 aliphatic carbocycles. The maximum atomic E-state index is 12.7. The lowest BCUT2D eigenvalue weighted by molar-refractivity contribution is -0.124. The van der Waals surface area contributed by atoms with Gasteiger partial charge in [-0.15, -0.1) is 0 Å². The Hall–Kier alpha value is -3.41. The molecule has 1 heterocycles. The van der Waals surface area contributed by atoms with E-state index in [-0.39, 0.29) is 18.6 Å². The molecular formula is C23H23N3O3. The fraction of sp³-hybridized carbons (Fsp3) is 0.261. The molecule has 1 N–H and O–H groups in total. The molecule has 0 bridgehead atoms. The Morgan fingerprint density at radius 2 is 1.83 bits per heavy atom. The van der Waals surface area contributed by atoms with E-state index in [1.54, 1.807) is 10.9 Å². The number of carbonyl (C=O) groups excluding carboxylic acids is 2. The van der Waals surface area contributed by atoms with Crippen LogP contribution < -0.4 is 5.32 Å². The molecule has 1 amide bonds. The molecule has 0 atom stereocenters. The smallest absolute Gasteiger partial charge is 0.342 e. The highest BCUT2D eigenvalue weighted by molar-refractivity contribution is 5.97. The van der Waals surface area contributed by atoms with Crippen molar-refractivity contribution >= 4 is 11.9 Å². The zero-order valence-electron chi connectivity index (χ0n) is 16.3. The second kappa shape index (κ2) is 8.31. The summed E-state index contributed by atoms with van der Waals surface area (Å²) >= 11 is 0. The largest absolute Gasteiger partial charge is 0.452 e. The summed E-state index contributed by atoms with van der Waals surface area (Å²) in [6.07, 6.45) is 3.66. The van der Waals surface area contributed by atoms with Crippen molar-refractivity contribution in [1.29, 1.82) is 0 Å². The monoisotopic (exact) mass is 389 g/mol. The first-order chi connectivity index (χ1) is 14.1. The number of carbonyl (C=O) groups is 2. The van der Waals surface area contributed by atoms with E-state index in [0.717, 1.165) is 29.5 Å². The Morgan fingerprint density at radius 1 is 1.10 bits per heavy atom. The Kier molecular flexibility index (Phi) is 5.42. The van der Waals surface area contributed by atoms with Crippen LogP contribution in [-0.2, 0) is 16.1 Å². The molecule has 1 fully saturated rings. The average molecular weight is 389 g/mol. The predicted molar refractivity (Wildman–Crippen MR) is 109 cm³/mol. The van der Waals surface area contributed by atoms with Crippen LogP contribution in [0.3, 0.4) is 0 Å². The molecule has 6 heteroatoms. The van der Waals surface area contributed by atoms with E-state index in [9.17, 15) is 9.59 Å². The van der Waals surface area contributed by atoms with Crippen LogP contribution in [0.4, 0.5) is 0 Å². The van der Waals surface area contributed by atoms with Crippen molar-refractivity contribution in [1.82, 2.24) is 15.1 Å². The normalized spacial score (nSPS) is 13.1. The molecular weight excluding hydrogens is 366 g/mol. The van der Waals surface area contributed by atoms with Crippen molar-refractivity contribution < 1.29 is 14.3 Å². The molecule has 1 saturated carbocycles. The van der Waals surface area contributed by atoms with E-state index in [2.05, 4.69) is 10.4 Å². The van der Waals surface area contributed by atoms with E-state index >= 15 is 0 Å². The van der Waals surface area contributed by atoms with Crippen molar-refractivity contribution in [3.63, 3.8) is 0 Å². The number of ether oxygens (including phenoxy) is 1. The number of rotatable bonds is 7. The van der Waals surface area contributed by atoms with Gasteiger partial charge in [0, 0.05) is 17.8 Å². The minimum atomic E-state index is -0.550. The maximum absolute atomic E-state index is 12.7. The van der Waals surface area contributed by atoms with Gasteiger partial charge in [-0.1, -0.05) is 60.2 Å². The number of aromatic nitrogens is 2. The predicted octanol–water partition coefficient (Wildman–Crippen LogP) is 3.34. The van der Waals surface area contributed by atoms with Crippen LogP contribution in [-0.4, -0.2) is 34.3 Å². The zero-order chi connectivity index (χ0) is 20.2. The average Bonchev–Trinajstić information content (AvgIpc) is 3.44. The van der Waals surface area contributed by atoms with Crippen molar-refractivity contribution in [2.24, 2.45) is 0 Å². The lowest BCUT2D eigenvalue weighted by Gasteiger charge is -2.06. The number of hydrogen-bond acceptors (Lipinski definition) is 4. The molecule has 0 aliphatic heterocycles. The minimum Gasteiger partial charge on any atom is -0.452 e. The maximum Gasteiger partial charge on any atom is 0.342 e. The highest BCUT2D eigenvalue weighted by atomic mass is 16.5. The summed E-state index contributed by atoms with van der Waals surface area (Å²) < 4.78 is 6.99. The first-order valence-electron chi connectivity index (χ1n) is 9.73. The second-order valence-electron chi connectivity index (χ2n) is 7.36. The number of benzene rings is 2. The highest BCUT2D eigenvalue weighted by Gasteiger charge is 2.25. The van der Waals surface area contributed by atoms with Gasteiger partial charge >= 0.3 is 5.97 Å². The molecule has 0 saturated heterocycles. The first kappa shape index (κ1) is 18.9. The Morgan fingerprint density at radius 3 is 2.52 bits per heavy atom. The van der Waals surface area contributed by atoms with Gasteiger partial charge in [-0.3, -0.25) is 9.48 Å². The van der Waals surface area contributed by atoms with Crippen LogP contribution in [0.5, 0.6) is 0 Å². The second-order valence-corrected chi connectivity index (χ2v) is 7.36. The van der Waals surface area contributed by atoms with E-state index in [0.29, 0.717) is 17.8 Å². The van der Waals surface area contributed by atoms with E-state index in [1.807, 2.05) is 61.5 Å². The molecule has 0 spiro atoms. The summed E-state index contributed by atoms with van der Waals surface area (Å²) in [5.41, 5.74) is 3.93. The molecule has 3 aromatic rings. The van der Waals surface area contributed by atoms with Gasteiger partial charge < -0.3 is 10.1 Å². The molecule has 1 aromatic heterocycles. The fourth-order valence-corrected chi connectivity index (χ4v) is 3.05. The molecule has 0 radical (unpaired) electrons. The highest BCUT2D eigenvalue weighted by Crippen LogP contribution is 2.24. The van der Waals surface area contributed by atoms with Crippen LogP contribution >= 0.6 is 0 Å². The number of esters is 1. The Bertz CT molecular complexity index is 1010. The van der Waals surface area contributed by atoms with Crippen LogP contribution in [0.1, 0.15) is 34.3 Å². The molecule has 6 nitrogen and oxygen atoms in total. The van der Waals surface area contributed by atoms with Crippen molar-refractivity contribution in [3.8, 4) is 11.3 Å². The number of amides is 1. The van der Waals surface area contributed by atoms with Gasteiger partial charge in [0.1, 0.15) is 11.3 Å². The van der Waals surface area contributed by atoms with Gasteiger partial charge in [0.25, 0.3) is 5.91 Å². The number of nitrogens with one attached hydrogen (secondary N) is 1. The molecule has 29 heavy (non-hydrogen) atoms. The zero-order valence-corrected chi connectivity index (χ0v) is 16.3. The van der Waals surface area contributed by atoms with Gasteiger partial charge in [-0.25, -0.2) is 4.79 Å². The van der Waals surface area contributed by atoms with Crippen LogP contribution in [0.2, 0.25) is 0 Å². The van der Waals surface area contributed by atoms with Crippen LogP contribution in [0.15, 0.2) is 60.8 Å². The summed E-state index contributed by atoms with van der Waals surface area (Å²) in [5, 5.41) is 7.44. The number of nitrogens with zero attached hydrogens (tertiary/aromatic N) is 2. The van der Waals surface area contributed by atoms with E-state index in [1.165, 1.54) is 0 Å². The van der Waals surface area contributed by atoms with E-state index in [4.69, 9.17) is 4.74 Å². The molecule has 2 aromatic carbocycles. The third-order valence-electron chi connectivity index (χ3n) is 4.77. The van der Waals surface area contributed by atoms with Crippen LogP contribution in [0, 0.1) is 6.92 Å². The summed E-state index contributed by atoms with van der Waals surface area (Å²) in [7, 11) is 0. The number of hydrogen-bond donors (Lipinski definition) is 1. The Balaban J connectivity index is 1.56. The third kappa shape index (κ3) is 4.90. The SMILES string of the molecule is Cc1ccc(-c2nn(Cc3ccccc3)cc2C(=O)OCC(=O)NC2CC2)cc1. The fourth-order valence-electron chi connectivity index (χ4n) is 3.05. The van der Waals surface area contributed by atoms with Crippen molar-refractivity contribution in [2.45, 2.75) is 32.4 Å². The summed E-state index contributed by atoms with van der Waals surface area (Å²) in [6.45, 7) is 2.26. The van der Waals surface area contributed by atoms with Gasteiger partial charge in [0.15, 0.2) is 6.61 Å². The quantitative estimate of drug-likeness (QED) is 0.629. The Labute approximate surface area is 169 Å². The molecule has 4 rings (SSSR count). The van der Waals surface area contributed by atoms with Crippen molar-refractivity contribution in [3.05, 3.63) is 77.5 Å². The van der Waals surface area contributed by atoms with Crippen molar-refractivity contribution in [2.75, 3.05) is 6.61 Å². The summed E-state index contributed by atoms with van der Waals surface area (Å²) in [5.74, 6) is -0.819.